The largest absolute Gasteiger partial charge is 0.336 e. The van der Waals surface area contributed by atoms with E-state index in [9.17, 15) is 17.6 Å². The Morgan fingerprint density at radius 3 is 2.15 bits per heavy atom. The molecular formula is C19H21FN2O3S. The first-order valence-corrected chi connectivity index (χ1v) is 9.85. The second kappa shape index (κ2) is 7.17. The van der Waals surface area contributed by atoms with Crippen LogP contribution in [0.15, 0.2) is 47.4 Å². The van der Waals surface area contributed by atoms with E-state index in [0.717, 1.165) is 5.56 Å². The quantitative estimate of drug-likeness (QED) is 0.827. The minimum atomic E-state index is -3.69. The fourth-order valence-electron chi connectivity index (χ4n) is 2.94. The fourth-order valence-corrected chi connectivity index (χ4v) is 4.44. The van der Waals surface area contributed by atoms with Crippen molar-refractivity contribution in [1.29, 1.82) is 0 Å². The number of nitrogens with zero attached hydrogens (tertiary/aromatic N) is 2. The Morgan fingerprint density at radius 1 is 0.962 bits per heavy atom. The van der Waals surface area contributed by atoms with Crippen molar-refractivity contribution in [3.8, 4) is 0 Å². The van der Waals surface area contributed by atoms with Crippen LogP contribution in [0.5, 0.6) is 0 Å². The number of halogens is 1. The maximum Gasteiger partial charge on any atom is 0.253 e. The van der Waals surface area contributed by atoms with Gasteiger partial charge in [-0.2, -0.15) is 4.31 Å². The number of aryl methyl sites for hydroxylation is 2. The van der Waals surface area contributed by atoms with Crippen molar-refractivity contribution in [3.05, 3.63) is 65.0 Å². The van der Waals surface area contributed by atoms with Crippen LogP contribution in [0.1, 0.15) is 21.5 Å². The van der Waals surface area contributed by atoms with E-state index >= 15 is 0 Å². The Kier molecular flexibility index (Phi) is 5.11. The van der Waals surface area contributed by atoms with Gasteiger partial charge in [0.15, 0.2) is 0 Å². The van der Waals surface area contributed by atoms with Gasteiger partial charge in [0, 0.05) is 31.7 Å². The topological polar surface area (TPSA) is 57.7 Å². The van der Waals surface area contributed by atoms with Gasteiger partial charge in [0.2, 0.25) is 10.0 Å². The number of rotatable bonds is 3. The fraction of sp³-hybridized carbons (Fsp3) is 0.316. The smallest absolute Gasteiger partial charge is 0.253 e. The highest BCUT2D eigenvalue weighted by atomic mass is 32.2. The zero-order valence-electron chi connectivity index (χ0n) is 14.8. The molecule has 7 heteroatoms. The number of carbonyl (C=O) groups is 1. The molecule has 0 saturated carbocycles. The first-order chi connectivity index (χ1) is 12.3. The maximum atomic E-state index is 13.4. The summed E-state index contributed by atoms with van der Waals surface area (Å²) in [4.78, 5) is 14.3. The molecule has 138 valence electrons. The molecule has 1 amide bonds. The van der Waals surface area contributed by atoms with E-state index in [1.54, 1.807) is 17.0 Å². The van der Waals surface area contributed by atoms with Gasteiger partial charge in [-0.15, -0.1) is 0 Å². The van der Waals surface area contributed by atoms with E-state index in [4.69, 9.17) is 0 Å². The summed E-state index contributed by atoms with van der Waals surface area (Å²) in [6, 6.07) is 11.1. The molecule has 0 bridgehead atoms. The predicted octanol–water partition coefficient (Wildman–Crippen LogP) is 2.59. The lowest BCUT2D eigenvalue weighted by atomic mass is 10.1. The second-order valence-electron chi connectivity index (χ2n) is 6.47. The average molecular weight is 376 g/mol. The molecule has 2 aromatic carbocycles. The molecule has 2 aromatic rings. The molecule has 1 heterocycles. The molecule has 0 spiro atoms. The van der Waals surface area contributed by atoms with Crippen molar-refractivity contribution in [3.63, 3.8) is 0 Å². The van der Waals surface area contributed by atoms with Crippen LogP contribution in [0.25, 0.3) is 0 Å². The van der Waals surface area contributed by atoms with Crippen LogP contribution < -0.4 is 0 Å². The molecule has 0 unspecified atom stereocenters. The van der Waals surface area contributed by atoms with Gasteiger partial charge >= 0.3 is 0 Å². The van der Waals surface area contributed by atoms with Gasteiger partial charge in [-0.25, -0.2) is 12.8 Å². The average Bonchev–Trinajstić information content (AvgIpc) is 2.64. The lowest BCUT2D eigenvalue weighted by molar-refractivity contribution is 0.0698. The van der Waals surface area contributed by atoms with Crippen molar-refractivity contribution in [2.24, 2.45) is 0 Å². The normalized spacial score (nSPS) is 15.9. The molecular weight excluding hydrogens is 355 g/mol. The molecule has 26 heavy (non-hydrogen) atoms. The number of amides is 1. The Balaban J connectivity index is 1.70. The summed E-state index contributed by atoms with van der Waals surface area (Å²) in [5.41, 5.74) is 1.97. The lowest BCUT2D eigenvalue weighted by Gasteiger charge is -2.34. The monoisotopic (exact) mass is 376 g/mol. The van der Waals surface area contributed by atoms with Crippen LogP contribution in [0.2, 0.25) is 0 Å². The van der Waals surface area contributed by atoms with Gasteiger partial charge < -0.3 is 4.90 Å². The van der Waals surface area contributed by atoms with Crippen LogP contribution in [0.4, 0.5) is 4.39 Å². The highest BCUT2D eigenvalue weighted by Gasteiger charge is 2.30. The number of sulfonamides is 1. The van der Waals surface area contributed by atoms with E-state index in [2.05, 4.69) is 0 Å². The molecule has 1 aliphatic rings. The molecule has 0 N–H and O–H groups in total. The summed E-state index contributed by atoms with van der Waals surface area (Å²) in [5.74, 6) is -0.530. The van der Waals surface area contributed by atoms with Crippen molar-refractivity contribution >= 4 is 15.9 Å². The standard InChI is InChI=1S/C19H21FN2O3S/c1-14-3-5-16(6-4-14)19(23)21-9-11-22(12-10-21)26(24,25)17-7-8-18(20)15(2)13-17/h3-8,13H,9-12H2,1-2H3. The lowest BCUT2D eigenvalue weighted by Crippen LogP contribution is -2.50. The van der Waals surface area contributed by atoms with Gasteiger partial charge in [0.25, 0.3) is 5.91 Å². The molecule has 0 atom stereocenters. The van der Waals surface area contributed by atoms with Crippen LogP contribution >= 0.6 is 0 Å². The van der Waals surface area contributed by atoms with Crippen LogP contribution in [0.3, 0.4) is 0 Å². The van der Waals surface area contributed by atoms with Gasteiger partial charge in [0.05, 0.1) is 4.90 Å². The van der Waals surface area contributed by atoms with Gasteiger partial charge in [-0.05, 0) is 49.7 Å². The first-order valence-electron chi connectivity index (χ1n) is 8.41. The molecule has 0 aliphatic carbocycles. The molecule has 3 rings (SSSR count). The number of hydrogen-bond donors (Lipinski definition) is 0. The Hall–Kier alpha value is -2.25. The third-order valence-corrected chi connectivity index (χ3v) is 6.49. The minimum Gasteiger partial charge on any atom is -0.336 e. The van der Waals surface area contributed by atoms with E-state index in [1.807, 2.05) is 19.1 Å². The Morgan fingerprint density at radius 2 is 1.58 bits per heavy atom. The van der Waals surface area contributed by atoms with Crippen molar-refractivity contribution in [1.82, 2.24) is 9.21 Å². The first kappa shape index (κ1) is 18.5. The molecule has 0 radical (unpaired) electrons. The van der Waals surface area contributed by atoms with Crippen molar-refractivity contribution in [2.45, 2.75) is 18.7 Å². The van der Waals surface area contributed by atoms with Gasteiger partial charge in [0.1, 0.15) is 5.82 Å². The number of hydrogen-bond acceptors (Lipinski definition) is 3. The molecule has 1 fully saturated rings. The van der Waals surface area contributed by atoms with Crippen LogP contribution in [0, 0.1) is 19.7 Å². The number of benzene rings is 2. The molecule has 5 nitrogen and oxygen atoms in total. The highest BCUT2D eigenvalue weighted by molar-refractivity contribution is 7.89. The van der Waals surface area contributed by atoms with Crippen LogP contribution in [-0.2, 0) is 10.0 Å². The Bertz CT molecular complexity index is 918. The SMILES string of the molecule is Cc1ccc(C(=O)N2CCN(S(=O)(=O)c3ccc(F)c(C)c3)CC2)cc1. The van der Waals surface area contributed by atoms with Crippen molar-refractivity contribution in [2.75, 3.05) is 26.2 Å². The zero-order chi connectivity index (χ0) is 18.9. The minimum absolute atomic E-state index is 0.0784. The summed E-state index contributed by atoms with van der Waals surface area (Å²) >= 11 is 0. The summed E-state index contributed by atoms with van der Waals surface area (Å²) in [7, 11) is -3.69. The summed E-state index contributed by atoms with van der Waals surface area (Å²) in [5, 5.41) is 0. The molecule has 0 aromatic heterocycles. The van der Waals surface area contributed by atoms with Gasteiger partial charge in [-0.1, -0.05) is 17.7 Å². The van der Waals surface area contributed by atoms with Gasteiger partial charge in [-0.3, -0.25) is 4.79 Å². The second-order valence-corrected chi connectivity index (χ2v) is 8.41. The van der Waals surface area contributed by atoms with E-state index in [1.165, 1.54) is 29.4 Å². The molecule has 1 saturated heterocycles. The summed E-state index contributed by atoms with van der Waals surface area (Å²) in [6.07, 6.45) is 0. The third kappa shape index (κ3) is 3.64. The zero-order valence-corrected chi connectivity index (χ0v) is 15.6. The maximum absolute atomic E-state index is 13.4. The molecule has 1 aliphatic heterocycles. The predicted molar refractivity (Wildman–Crippen MR) is 97.0 cm³/mol. The number of carbonyl (C=O) groups excluding carboxylic acids is 1. The van der Waals surface area contributed by atoms with E-state index in [0.29, 0.717) is 24.2 Å². The van der Waals surface area contributed by atoms with E-state index < -0.39 is 15.8 Å². The summed E-state index contributed by atoms with van der Waals surface area (Å²) < 4.78 is 40.2. The third-order valence-electron chi connectivity index (χ3n) is 4.59. The van der Waals surface area contributed by atoms with E-state index in [-0.39, 0.29) is 23.9 Å². The summed E-state index contributed by atoms with van der Waals surface area (Å²) in [6.45, 7) is 4.58. The van der Waals surface area contributed by atoms with Crippen LogP contribution in [-0.4, -0.2) is 49.7 Å². The number of piperazine rings is 1. The van der Waals surface area contributed by atoms with Crippen molar-refractivity contribution < 1.29 is 17.6 Å². The highest BCUT2D eigenvalue weighted by Crippen LogP contribution is 2.21. The Labute approximate surface area is 153 Å².